The lowest BCUT2D eigenvalue weighted by atomic mass is 9.97. The zero-order chi connectivity index (χ0) is 43.0. The van der Waals surface area contributed by atoms with Gasteiger partial charge in [-0.15, -0.1) is 0 Å². The fourth-order valence-corrected chi connectivity index (χ4v) is 6.26. The second-order valence-electron chi connectivity index (χ2n) is 11.6. The molecule has 0 fully saturated rings. The third kappa shape index (κ3) is 5.42. The van der Waals surface area contributed by atoms with Crippen molar-refractivity contribution >= 4 is 49.4 Å². The molecule has 1 heteroatoms. The average Bonchev–Trinajstić information content (AvgIpc) is 3.27. The minimum absolute atomic E-state index is 0.0328. The first kappa shape index (κ1) is 18.8. The Labute approximate surface area is 303 Å². The summed E-state index contributed by atoms with van der Waals surface area (Å²) in [4.78, 5) is 0.892. The molecule has 230 valence electrons. The summed E-state index contributed by atoms with van der Waals surface area (Å²) in [7, 11) is 0. The van der Waals surface area contributed by atoms with Crippen LogP contribution < -0.4 is 4.90 Å². The number of hydrogen-bond donors (Lipinski definition) is 0. The Balaban J connectivity index is 1.37. The molecule has 1 nitrogen and oxygen atoms in total. The highest BCUT2D eigenvalue weighted by Crippen LogP contribution is 2.40. The van der Waals surface area contributed by atoms with Gasteiger partial charge in [0, 0.05) is 17.1 Å². The van der Waals surface area contributed by atoms with Gasteiger partial charge in [-0.25, -0.2) is 0 Å². The zero-order valence-electron chi connectivity index (χ0n) is 38.1. The van der Waals surface area contributed by atoms with Crippen molar-refractivity contribution in [3.63, 3.8) is 0 Å². The molecule has 0 aromatic heterocycles. The van der Waals surface area contributed by atoms with E-state index in [1.807, 2.05) is 60.7 Å². The van der Waals surface area contributed by atoms with Crippen LogP contribution in [0.3, 0.4) is 0 Å². The molecular weight excluding hydrogens is 591 g/mol. The van der Waals surface area contributed by atoms with Crippen LogP contribution in [0, 0.1) is 0 Å². The van der Waals surface area contributed by atoms with Gasteiger partial charge in [0.05, 0.1) is 16.4 Å². The number of rotatable bonds is 6. The zero-order valence-corrected chi connectivity index (χ0v) is 26.1. The summed E-state index contributed by atoms with van der Waals surface area (Å²) in [6.45, 7) is 0. The van der Waals surface area contributed by atoms with Crippen molar-refractivity contribution in [2.45, 2.75) is 0 Å². The Morgan fingerprint density at radius 3 is 1.69 bits per heavy atom. The van der Waals surface area contributed by atoms with E-state index < -0.39 is 89.6 Å². The maximum Gasteiger partial charge on any atom is 0.0651 e. The van der Waals surface area contributed by atoms with Crippen molar-refractivity contribution in [3.8, 4) is 33.4 Å². The van der Waals surface area contributed by atoms with Crippen LogP contribution in [0.15, 0.2) is 200 Å². The highest BCUT2D eigenvalue weighted by atomic mass is 15.1. The topological polar surface area (TPSA) is 3.24 Å². The summed E-state index contributed by atoms with van der Waals surface area (Å²) in [5.41, 5.74) is -0.609. The van der Waals surface area contributed by atoms with Gasteiger partial charge in [0.15, 0.2) is 0 Å². The SMILES string of the molecule is [2H]c1c([2H])c(-c2cccc3ccccc23)c([2H])c(N(c2c([2H])c([2H])c(-c3ccccc3)c([2H])c2[2H])c2c([2H])c([2H])c(-c3ccc4c(ccc5ccccc54)c3)c([2H])c2[2H])c1[2H]. The summed E-state index contributed by atoms with van der Waals surface area (Å²) >= 11 is 0. The maximum atomic E-state index is 9.75. The van der Waals surface area contributed by atoms with Crippen LogP contribution in [0.2, 0.25) is 0 Å². The summed E-state index contributed by atoms with van der Waals surface area (Å²) in [6, 6.07) is 31.2. The number of nitrogens with zero attached hydrogens (tertiary/aromatic N) is 1. The normalized spacial score (nSPS) is 14.7. The van der Waals surface area contributed by atoms with Gasteiger partial charge in [-0.2, -0.15) is 0 Å². The fourth-order valence-electron chi connectivity index (χ4n) is 6.26. The van der Waals surface area contributed by atoms with Crippen LogP contribution in [0.25, 0.3) is 65.7 Å². The Kier molecular flexibility index (Phi) is 4.71. The molecule has 49 heavy (non-hydrogen) atoms. The number of fused-ring (bicyclic) bond motifs is 4. The molecule has 0 bridgehead atoms. The number of hydrogen-bond acceptors (Lipinski definition) is 1. The number of anilines is 3. The van der Waals surface area contributed by atoms with Crippen molar-refractivity contribution in [2.75, 3.05) is 4.90 Å². The van der Waals surface area contributed by atoms with E-state index in [0.717, 1.165) is 31.8 Å². The molecule has 0 saturated heterocycles. The first-order valence-corrected chi connectivity index (χ1v) is 15.9. The largest absolute Gasteiger partial charge is 0.310 e. The lowest BCUT2D eigenvalue weighted by Gasteiger charge is -2.26. The Hall–Kier alpha value is -6.44. The fraction of sp³-hybridized carbons (Fsp3) is 0. The van der Waals surface area contributed by atoms with Crippen molar-refractivity contribution in [2.24, 2.45) is 0 Å². The molecule has 0 spiro atoms. The Bertz CT molecular complexity index is 3230. The van der Waals surface area contributed by atoms with Crippen LogP contribution in [-0.2, 0) is 0 Å². The van der Waals surface area contributed by atoms with Gasteiger partial charge in [0.2, 0.25) is 0 Å². The summed E-state index contributed by atoms with van der Waals surface area (Å²) in [5, 5.41) is 5.17. The third-order valence-corrected chi connectivity index (χ3v) is 8.66. The van der Waals surface area contributed by atoms with Gasteiger partial charge in [0.25, 0.3) is 0 Å². The Morgan fingerprint density at radius 2 is 0.939 bits per heavy atom. The average molecular weight is 636 g/mol. The van der Waals surface area contributed by atoms with E-state index in [0.29, 0.717) is 22.1 Å². The van der Waals surface area contributed by atoms with Crippen LogP contribution in [0.4, 0.5) is 17.1 Å². The highest BCUT2D eigenvalue weighted by Gasteiger charge is 2.15. The van der Waals surface area contributed by atoms with E-state index in [2.05, 4.69) is 0 Å². The lowest BCUT2D eigenvalue weighted by molar-refractivity contribution is 1.28. The third-order valence-electron chi connectivity index (χ3n) is 8.66. The van der Waals surface area contributed by atoms with Crippen LogP contribution in [0.1, 0.15) is 16.4 Å². The van der Waals surface area contributed by atoms with Gasteiger partial charge >= 0.3 is 0 Å². The summed E-state index contributed by atoms with van der Waals surface area (Å²) in [5.74, 6) is 0. The van der Waals surface area contributed by atoms with Crippen LogP contribution in [0.5, 0.6) is 0 Å². The maximum absolute atomic E-state index is 9.75. The van der Waals surface area contributed by atoms with Crippen molar-refractivity contribution < 1.29 is 16.4 Å². The van der Waals surface area contributed by atoms with Crippen molar-refractivity contribution in [3.05, 3.63) is 200 Å². The molecule has 0 N–H and O–H groups in total. The summed E-state index contributed by atoms with van der Waals surface area (Å²) < 4.78 is 112. The van der Waals surface area contributed by atoms with Gasteiger partial charge < -0.3 is 4.90 Å². The predicted octanol–water partition coefficient (Wildman–Crippen LogP) is 13.6. The van der Waals surface area contributed by atoms with Crippen LogP contribution in [-0.4, -0.2) is 0 Å². The smallest absolute Gasteiger partial charge is 0.0651 e. The second kappa shape index (κ2) is 12.3. The molecule has 9 rings (SSSR count). The van der Waals surface area contributed by atoms with Gasteiger partial charge in [-0.3, -0.25) is 0 Å². The quantitative estimate of drug-likeness (QED) is 0.164. The molecule has 0 aliphatic heterocycles. The Morgan fingerprint density at radius 1 is 0.347 bits per heavy atom. The van der Waals surface area contributed by atoms with E-state index >= 15 is 0 Å². The molecule has 0 heterocycles. The minimum Gasteiger partial charge on any atom is -0.310 e. The second-order valence-corrected chi connectivity index (χ2v) is 11.6. The first-order chi connectivity index (χ1) is 29.3. The minimum atomic E-state index is -0.717. The number of benzene rings is 9. The summed E-state index contributed by atoms with van der Waals surface area (Å²) in [6.07, 6.45) is 0. The lowest BCUT2D eigenvalue weighted by Crippen LogP contribution is -2.10. The monoisotopic (exact) mass is 635 g/mol. The molecule has 0 atom stereocenters. The molecule has 0 unspecified atom stereocenters. The molecule has 9 aromatic rings. The van der Waals surface area contributed by atoms with Gasteiger partial charge in [-0.1, -0.05) is 158 Å². The van der Waals surface area contributed by atoms with Crippen molar-refractivity contribution in [1.29, 1.82) is 0 Å². The van der Waals surface area contributed by atoms with E-state index in [9.17, 15) is 13.7 Å². The predicted molar refractivity (Wildman–Crippen MR) is 210 cm³/mol. The van der Waals surface area contributed by atoms with E-state index in [-0.39, 0.29) is 16.7 Å². The molecular formula is C48H33N. The molecule has 0 saturated carbocycles. The van der Waals surface area contributed by atoms with E-state index in [4.69, 9.17) is 2.74 Å². The van der Waals surface area contributed by atoms with E-state index in [1.54, 1.807) is 66.7 Å². The van der Waals surface area contributed by atoms with Crippen molar-refractivity contribution in [1.82, 2.24) is 0 Å². The van der Waals surface area contributed by atoms with Crippen LogP contribution >= 0.6 is 0 Å². The molecule has 0 aliphatic rings. The molecule has 0 aliphatic carbocycles. The van der Waals surface area contributed by atoms with Gasteiger partial charge in [0.1, 0.15) is 0 Å². The first-order valence-electron chi connectivity index (χ1n) is 21.9. The van der Waals surface area contributed by atoms with Gasteiger partial charge in [-0.05, 0) is 108 Å². The molecule has 9 aromatic carbocycles. The van der Waals surface area contributed by atoms with E-state index in [1.165, 1.54) is 0 Å². The molecule has 0 radical (unpaired) electrons. The molecule has 0 amide bonds. The standard InChI is InChI=1S/C48H33N/c1-2-10-34(11-3-1)35-22-27-42(28-23-35)49(44-16-8-15-40(33-44)47-19-9-14-37-12-4-6-17-45(37)47)43-29-24-36(25-30-43)39-26-31-48-41(32-39)21-20-38-13-5-7-18-46(38)48/h1-33H/i8D,15D,16D,22D,23D,24D,25D,27D,28D,29D,30D,33D. The highest BCUT2D eigenvalue weighted by molar-refractivity contribution is 6.08.